The molecule has 2 aromatic rings. The first-order chi connectivity index (χ1) is 13.9. The third-order valence-electron chi connectivity index (χ3n) is 5.89. The molecule has 1 aliphatic heterocycles. The third-order valence-corrected chi connectivity index (χ3v) is 5.89. The van der Waals surface area contributed by atoms with E-state index in [4.69, 9.17) is 0 Å². The molecule has 4 rings (SSSR count). The van der Waals surface area contributed by atoms with Crippen molar-refractivity contribution in [1.29, 1.82) is 0 Å². The number of amides is 3. The van der Waals surface area contributed by atoms with Gasteiger partial charge in [-0.3, -0.25) is 14.4 Å². The lowest BCUT2D eigenvalue weighted by Gasteiger charge is -2.16. The fourth-order valence-corrected chi connectivity index (χ4v) is 4.18. The van der Waals surface area contributed by atoms with Crippen LogP contribution in [-0.2, 0) is 9.59 Å². The Kier molecular flexibility index (Phi) is 5.09. The van der Waals surface area contributed by atoms with Crippen molar-refractivity contribution in [1.82, 2.24) is 5.32 Å². The number of aryl methyl sites for hydroxylation is 2. The Bertz CT molecular complexity index is 993. The highest BCUT2D eigenvalue weighted by molar-refractivity contribution is 6.07. The maximum absolute atomic E-state index is 12.9. The maximum atomic E-state index is 12.9. The molecular weight excluding hydrogens is 366 g/mol. The molecule has 6 nitrogen and oxygen atoms in total. The quantitative estimate of drug-likeness (QED) is 0.740. The molecule has 0 unspecified atom stereocenters. The highest BCUT2D eigenvalue weighted by Crippen LogP contribution is 2.33. The van der Waals surface area contributed by atoms with Crippen molar-refractivity contribution < 1.29 is 14.4 Å². The molecule has 0 saturated heterocycles. The third kappa shape index (κ3) is 3.75. The summed E-state index contributed by atoms with van der Waals surface area (Å²) in [6.45, 7) is 3.82. The number of carbonyl (C=O) groups is 3. The van der Waals surface area contributed by atoms with Crippen LogP contribution in [-0.4, -0.2) is 17.7 Å². The molecule has 2 aromatic carbocycles. The fraction of sp³-hybridized carbons (Fsp3) is 0.348. The number of anilines is 2. The fourth-order valence-electron chi connectivity index (χ4n) is 4.18. The van der Waals surface area contributed by atoms with Crippen molar-refractivity contribution in [2.45, 2.75) is 45.6 Å². The molecule has 0 bridgehead atoms. The summed E-state index contributed by atoms with van der Waals surface area (Å²) in [5.41, 5.74) is 4.42. The average molecular weight is 391 g/mol. The summed E-state index contributed by atoms with van der Waals surface area (Å²) in [6.07, 6.45) is 4.01. The smallest absolute Gasteiger partial charge is 0.252 e. The summed E-state index contributed by atoms with van der Waals surface area (Å²) in [7, 11) is 0. The van der Waals surface area contributed by atoms with Gasteiger partial charge in [0.2, 0.25) is 5.91 Å². The Morgan fingerprint density at radius 1 is 1.03 bits per heavy atom. The van der Waals surface area contributed by atoms with Crippen molar-refractivity contribution in [3.63, 3.8) is 0 Å². The zero-order valence-electron chi connectivity index (χ0n) is 16.7. The van der Waals surface area contributed by atoms with Gasteiger partial charge < -0.3 is 16.0 Å². The van der Waals surface area contributed by atoms with Crippen LogP contribution in [0.15, 0.2) is 36.4 Å². The van der Waals surface area contributed by atoms with Crippen LogP contribution < -0.4 is 16.0 Å². The summed E-state index contributed by atoms with van der Waals surface area (Å²) >= 11 is 0. The highest BCUT2D eigenvalue weighted by Gasteiger charge is 2.33. The molecule has 3 N–H and O–H groups in total. The number of rotatable bonds is 4. The number of benzene rings is 2. The van der Waals surface area contributed by atoms with E-state index in [0.29, 0.717) is 11.3 Å². The molecule has 150 valence electrons. The molecule has 1 atom stereocenters. The Morgan fingerprint density at radius 3 is 2.55 bits per heavy atom. The van der Waals surface area contributed by atoms with Gasteiger partial charge in [0.05, 0.1) is 0 Å². The number of hydrogen-bond acceptors (Lipinski definition) is 3. The topological polar surface area (TPSA) is 87.3 Å². The van der Waals surface area contributed by atoms with E-state index in [9.17, 15) is 14.4 Å². The maximum Gasteiger partial charge on any atom is 0.252 e. The monoisotopic (exact) mass is 391 g/mol. The van der Waals surface area contributed by atoms with Crippen LogP contribution in [0.2, 0.25) is 0 Å². The predicted octanol–water partition coefficient (Wildman–Crippen LogP) is 3.86. The van der Waals surface area contributed by atoms with Gasteiger partial charge in [-0.15, -0.1) is 0 Å². The van der Waals surface area contributed by atoms with Gasteiger partial charge in [0.25, 0.3) is 11.8 Å². The zero-order chi connectivity index (χ0) is 20.5. The second-order valence-corrected chi connectivity index (χ2v) is 7.93. The Hall–Kier alpha value is -3.15. The molecule has 3 amide bonds. The molecule has 1 saturated carbocycles. The van der Waals surface area contributed by atoms with Crippen LogP contribution in [0.25, 0.3) is 0 Å². The minimum absolute atomic E-state index is 0.0166. The standard InChI is InChI=1S/C23H25N3O3/c1-13-10-11-16(12-18(13)25-21(27)15-7-3-4-8-15)22(28)26-20-19-14(2)6-5-9-17(19)24-23(20)29/h5-6,9-12,15,20H,3-4,7-8H2,1-2H3,(H,24,29)(H,25,27)(H,26,28)/t20-/m1/s1. The minimum atomic E-state index is -0.725. The van der Waals surface area contributed by atoms with Crippen LogP contribution in [0.1, 0.15) is 58.8 Å². The van der Waals surface area contributed by atoms with Gasteiger partial charge in [-0.1, -0.05) is 31.0 Å². The lowest BCUT2D eigenvalue weighted by molar-refractivity contribution is -0.119. The van der Waals surface area contributed by atoms with E-state index in [1.165, 1.54) is 0 Å². The molecule has 0 radical (unpaired) electrons. The van der Waals surface area contributed by atoms with Gasteiger partial charge in [0.1, 0.15) is 6.04 Å². The van der Waals surface area contributed by atoms with Gasteiger partial charge in [0, 0.05) is 28.4 Å². The van der Waals surface area contributed by atoms with Gasteiger partial charge in [-0.2, -0.15) is 0 Å². The van der Waals surface area contributed by atoms with E-state index < -0.39 is 6.04 Å². The second-order valence-electron chi connectivity index (χ2n) is 7.93. The second kappa shape index (κ2) is 7.70. The number of nitrogens with one attached hydrogen (secondary N) is 3. The van der Waals surface area contributed by atoms with Crippen LogP contribution >= 0.6 is 0 Å². The van der Waals surface area contributed by atoms with Crippen molar-refractivity contribution >= 4 is 29.1 Å². The molecule has 2 aliphatic rings. The first kappa shape index (κ1) is 19.2. The van der Waals surface area contributed by atoms with Gasteiger partial charge >= 0.3 is 0 Å². The van der Waals surface area contributed by atoms with Crippen LogP contribution in [0.3, 0.4) is 0 Å². The van der Waals surface area contributed by atoms with E-state index in [2.05, 4.69) is 16.0 Å². The molecule has 1 heterocycles. The summed E-state index contributed by atoms with van der Waals surface area (Å²) in [6, 6.07) is 10.1. The Labute approximate surface area is 170 Å². The number of fused-ring (bicyclic) bond motifs is 1. The first-order valence-electron chi connectivity index (χ1n) is 10.1. The van der Waals surface area contributed by atoms with E-state index in [-0.39, 0.29) is 23.6 Å². The van der Waals surface area contributed by atoms with Crippen LogP contribution in [0, 0.1) is 19.8 Å². The molecule has 1 aliphatic carbocycles. The average Bonchev–Trinajstić information content (AvgIpc) is 3.33. The van der Waals surface area contributed by atoms with Crippen molar-refractivity contribution in [2.75, 3.05) is 10.6 Å². The summed E-state index contributed by atoms with van der Waals surface area (Å²) in [5, 5.41) is 8.62. The van der Waals surface area contributed by atoms with Crippen molar-refractivity contribution in [2.24, 2.45) is 5.92 Å². The number of carbonyl (C=O) groups excluding carboxylic acids is 3. The SMILES string of the molecule is Cc1ccc(C(=O)N[C@H]2C(=O)Nc3cccc(C)c32)cc1NC(=O)C1CCCC1. The summed E-state index contributed by atoms with van der Waals surface area (Å²) in [5.74, 6) is -0.529. The van der Waals surface area contributed by atoms with Gasteiger partial charge in [0.15, 0.2) is 0 Å². The van der Waals surface area contributed by atoms with E-state index >= 15 is 0 Å². The van der Waals surface area contributed by atoms with E-state index in [0.717, 1.165) is 48.1 Å². The lowest BCUT2D eigenvalue weighted by Crippen LogP contribution is -2.33. The molecular formula is C23H25N3O3. The lowest BCUT2D eigenvalue weighted by atomic mass is 10.0. The predicted molar refractivity (Wildman–Crippen MR) is 112 cm³/mol. The summed E-state index contributed by atoms with van der Waals surface area (Å²) < 4.78 is 0. The van der Waals surface area contributed by atoms with E-state index in [1.54, 1.807) is 12.1 Å². The molecule has 0 aromatic heterocycles. The van der Waals surface area contributed by atoms with Crippen molar-refractivity contribution in [3.05, 3.63) is 58.7 Å². The van der Waals surface area contributed by atoms with Crippen LogP contribution in [0.5, 0.6) is 0 Å². The highest BCUT2D eigenvalue weighted by atomic mass is 16.2. The molecule has 1 fully saturated rings. The van der Waals surface area contributed by atoms with E-state index in [1.807, 2.05) is 38.1 Å². The zero-order valence-corrected chi connectivity index (χ0v) is 16.7. The molecule has 29 heavy (non-hydrogen) atoms. The summed E-state index contributed by atoms with van der Waals surface area (Å²) in [4.78, 5) is 37.7. The molecule has 0 spiro atoms. The minimum Gasteiger partial charge on any atom is -0.336 e. The van der Waals surface area contributed by atoms with Gasteiger partial charge in [-0.25, -0.2) is 0 Å². The Balaban J connectivity index is 1.52. The largest absolute Gasteiger partial charge is 0.336 e. The number of hydrogen-bond donors (Lipinski definition) is 3. The Morgan fingerprint density at radius 2 is 1.79 bits per heavy atom. The van der Waals surface area contributed by atoms with Crippen LogP contribution in [0.4, 0.5) is 11.4 Å². The van der Waals surface area contributed by atoms with Crippen molar-refractivity contribution in [3.8, 4) is 0 Å². The van der Waals surface area contributed by atoms with Gasteiger partial charge in [-0.05, 0) is 56.0 Å². The normalized spacial score (nSPS) is 18.3. The first-order valence-corrected chi connectivity index (χ1v) is 10.1. The molecule has 6 heteroatoms.